The first-order valence-electron chi connectivity index (χ1n) is 5.70. The number of nitrogens with one attached hydrogen (secondary N) is 1. The van der Waals surface area contributed by atoms with Gasteiger partial charge in [0.25, 0.3) is 0 Å². The predicted molar refractivity (Wildman–Crippen MR) is 64.7 cm³/mol. The standard InChI is InChI=1S/C12H26N2/c1-5-6-9-13-10-7-8-11-14(4)12(2)3/h5,12-13H,1,6-11H2,2-4H3. The molecule has 0 aromatic heterocycles. The summed E-state index contributed by atoms with van der Waals surface area (Å²) in [4.78, 5) is 2.39. The molecule has 2 nitrogen and oxygen atoms in total. The Hall–Kier alpha value is -0.340. The lowest BCUT2D eigenvalue weighted by atomic mass is 10.2. The summed E-state index contributed by atoms with van der Waals surface area (Å²) in [5.41, 5.74) is 0. The molecular weight excluding hydrogens is 172 g/mol. The summed E-state index contributed by atoms with van der Waals surface area (Å²) in [5.74, 6) is 0. The van der Waals surface area contributed by atoms with Gasteiger partial charge in [0.1, 0.15) is 0 Å². The average molecular weight is 198 g/mol. The first-order valence-corrected chi connectivity index (χ1v) is 5.70. The highest BCUT2D eigenvalue weighted by atomic mass is 15.1. The van der Waals surface area contributed by atoms with Crippen LogP contribution in [0.15, 0.2) is 12.7 Å². The monoisotopic (exact) mass is 198 g/mol. The van der Waals surface area contributed by atoms with Gasteiger partial charge < -0.3 is 10.2 Å². The van der Waals surface area contributed by atoms with E-state index in [1.54, 1.807) is 0 Å². The summed E-state index contributed by atoms with van der Waals surface area (Å²) in [6.07, 6.45) is 5.59. The minimum Gasteiger partial charge on any atom is -0.316 e. The lowest BCUT2D eigenvalue weighted by Crippen LogP contribution is -2.28. The number of hydrogen-bond donors (Lipinski definition) is 1. The fourth-order valence-corrected chi connectivity index (χ4v) is 1.20. The molecule has 2 heteroatoms. The minimum atomic E-state index is 0.670. The second-order valence-electron chi connectivity index (χ2n) is 4.11. The zero-order valence-corrected chi connectivity index (χ0v) is 10.1. The van der Waals surface area contributed by atoms with Crippen LogP contribution in [0.5, 0.6) is 0 Å². The van der Waals surface area contributed by atoms with Gasteiger partial charge in [0, 0.05) is 6.04 Å². The van der Waals surface area contributed by atoms with E-state index in [-0.39, 0.29) is 0 Å². The Morgan fingerprint density at radius 2 is 2.00 bits per heavy atom. The van der Waals surface area contributed by atoms with E-state index in [2.05, 4.69) is 37.7 Å². The zero-order valence-electron chi connectivity index (χ0n) is 10.1. The third kappa shape index (κ3) is 8.27. The van der Waals surface area contributed by atoms with Gasteiger partial charge in [-0.05, 0) is 59.8 Å². The molecular formula is C12H26N2. The molecule has 0 rings (SSSR count). The van der Waals surface area contributed by atoms with E-state index in [0.29, 0.717) is 6.04 Å². The highest BCUT2D eigenvalue weighted by Gasteiger charge is 2.01. The van der Waals surface area contributed by atoms with Crippen molar-refractivity contribution in [3.63, 3.8) is 0 Å². The van der Waals surface area contributed by atoms with Crippen LogP contribution >= 0.6 is 0 Å². The topological polar surface area (TPSA) is 15.3 Å². The predicted octanol–water partition coefficient (Wildman–Crippen LogP) is 2.27. The summed E-state index contributed by atoms with van der Waals surface area (Å²) in [6, 6.07) is 0.670. The lowest BCUT2D eigenvalue weighted by molar-refractivity contribution is 0.268. The Kier molecular flexibility index (Phi) is 9.00. The largest absolute Gasteiger partial charge is 0.316 e. The first-order chi connectivity index (χ1) is 6.68. The van der Waals surface area contributed by atoms with E-state index in [4.69, 9.17) is 0 Å². The summed E-state index contributed by atoms with van der Waals surface area (Å²) in [5, 5.41) is 3.40. The van der Waals surface area contributed by atoms with Crippen molar-refractivity contribution in [1.29, 1.82) is 0 Å². The Morgan fingerprint density at radius 3 is 2.57 bits per heavy atom. The van der Waals surface area contributed by atoms with Gasteiger partial charge in [-0.2, -0.15) is 0 Å². The van der Waals surface area contributed by atoms with Crippen LogP contribution < -0.4 is 5.32 Å². The molecule has 84 valence electrons. The normalized spacial score (nSPS) is 11.2. The number of unbranched alkanes of at least 4 members (excludes halogenated alkanes) is 1. The van der Waals surface area contributed by atoms with E-state index in [1.807, 2.05) is 6.08 Å². The molecule has 0 aliphatic heterocycles. The molecule has 0 aliphatic rings. The molecule has 0 aromatic carbocycles. The molecule has 0 radical (unpaired) electrons. The van der Waals surface area contributed by atoms with Crippen LogP contribution in [0.4, 0.5) is 0 Å². The van der Waals surface area contributed by atoms with Gasteiger partial charge in [0.15, 0.2) is 0 Å². The number of rotatable bonds is 9. The highest BCUT2D eigenvalue weighted by Crippen LogP contribution is 1.97. The first kappa shape index (κ1) is 13.7. The van der Waals surface area contributed by atoms with Gasteiger partial charge in [-0.15, -0.1) is 6.58 Å². The van der Waals surface area contributed by atoms with Gasteiger partial charge in [-0.1, -0.05) is 6.08 Å². The quantitative estimate of drug-likeness (QED) is 0.452. The third-order valence-corrected chi connectivity index (χ3v) is 2.52. The molecule has 0 amide bonds. The van der Waals surface area contributed by atoms with Gasteiger partial charge in [0.2, 0.25) is 0 Å². The smallest absolute Gasteiger partial charge is 0.00355 e. The van der Waals surface area contributed by atoms with E-state index in [0.717, 1.165) is 19.5 Å². The van der Waals surface area contributed by atoms with Crippen molar-refractivity contribution >= 4 is 0 Å². The summed E-state index contributed by atoms with van der Waals surface area (Å²) < 4.78 is 0. The Bertz CT molecular complexity index is 132. The SMILES string of the molecule is C=CCCNCCCCN(C)C(C)C. The molecule has 0 saturated heterocycles. The van der Waals surface area contributed by atoms with E-state index in [1.165, 1.54) is 19.4 Å². The molecule has 0 bridgehead atoms. The maximum Gasteiger partial charge on any atom is 0.00355 e. The van der Waals surface area contributed by atoms with Crippen LogP contribution in [0.25, 0.3) is 0 Å². The van der Waals surface area contributed by atoms with Crippen molar-refractivity contribution in [2.45, 2.75) is 39.2 Å². The highest BCUT2D eigenvalue weighted by molar-refractivity contribution is 4.67. The zero-order chi connectivity index (χ0) is 10.8. The number of hydrogen-bond acceptors (Lipinski definition) is 2. The van der Waals surface area contributed by atoms with Crippen molar-refractivity contribution in [2.75, 3.05) is 26.7 Å². The van der Waals surface area contributed by atoms with Gasteiger partial charge in [-0.3, -0.25) is 0 Å². The maximum atomic E-state index is 3.69. The van der Waals surface area contributed by atoms with Crippen molar-refractivity contribution < 1.29 is 0 Å². The average Bonchev–Trinajstić information content (AvgIpc) is 2.16. The van der Waals surface area contributed by atoms with E-state index < -0.39 is 0 Å². The molecule has 0 spiro atoms. The maximum absolute atomic E-state index is 3.69. The molecule has 0 aromatic rings. The molecule has 0 fully saturated rings. The second kappa shape index (κ2) is 9.22. The Balaban J connectivity index is 3.09. The molecule has 0 heterocycles. The minimum absolute atomic E-state index is 0.670. The van der Waals surface area contributed by atoms with Crippen molar-refractivity contribution in [1.82, 2.24) is 10.2 Å². The fourth-order valence-electron chi connectivity index (χ4n) is 1.20. The third-order valence-electron chi connectivity index (χ3n) is 2.52. The van der Waals surface area contributed by atoms with Gasteiger partial charge in [-0.25, -0.2) is 0 Å². The Morgan fingerprint density at radius 1 is 1.29 bits per heavy atom. The van der Waals surface area contributed by atoms with E-state index >= 15 is 0 Å². The van der Waals surface area contributed by atoms with Gasteiger partial charge >= 0.3 is 0 Å². The van der Waals surface area contributed by atoms with Crippen LogP contribution in [-0.4, -0.2) is 37.6 Å². The molecule has 14 heavy (non-hydrogen) atoms. The molecule has 0 saturated carbocycles. The number of nitrogens with zero attached hydrogens (tertiary/aromatic N) is 1. The van der Waals surface area contributed by atoms with Crippen LogP contribution in [-0.2, 0) is 0 Å². The summed E-state index contributed by atoms with van der Waals surface area (Å²) in [7, 11) is 2.19. The van der Waals surface area contributed by atoms with Crippen molar-refractivity contribution in [2.24, 2.45) is 0 Å². The van der Waals surface area contributed by atoms with Gasteiger partial charge in [0.05, 0.1) is 0 Å². The van der Waals surface area contributed by atoms with Crippen LogP contribution in [0.3, 0.4) is 0 Å². The van der Waals surface area contributed by atoms with Crippen molar-refractivity contribution in [3.05, 3.63) is 12.7 Å². The molecule has 0 unspecified atom stereocenters. The molecule has 1 N–H and O–H groups in total. The molecule has 0 atom stereocenters. The molecule has 0 aliphatic carbocycles. The van der Waals surface area contributed by atoms with Crippen LogP contribution in [0.2, 0.25) is 0 Å². The fraction of sp³-hybridized carbons (Fsp3) is 0.833. The lowest BCUT2D eigenvalue weighted by Gasteiger charge is -2.20. The summed E-state index contributed by atoms with van der Waals surface area (Å²) >= 11 is 0. The van der Waals surface area contributed by atoms with Crippen molar-refractivity contribution in [3.8, 4) is 0 Å². The van der Waals surface area contributed by atoms with Crippen LogP contribution in [0.1, 0.15) is 33.1 Å². The van der Waals surface area contributed by atoms with Crippen LogP contribution in [0, 0.1) is 0 Å². The van der Waals surface area contributed by atoms with E-state index in [9.17, 15) is 0 Å². The summed E-state index contributed by atoms with van der Waals surface area (Å²) in [6.45, 7) is 11.6. The second-order valence-corrected chi connectivity index (χ2v) is 4.11. The Labute approximate surface area is 89.4 Å².